The van der Waals surface area contributed by atoms with Crippen LogP contribution in [0.25, 0.3) is 0 Å². The van der Waals surface area contributed by atoms with Crippen molar-refractivity contribution in [2.45, 2.75) is 60.0 Å². The summed E-state index contributed by atoms with van der Waals surface area (Å²) in [7, 11) is 0. The first-order valence-corrected chi connectivity index (χ1v) is 7.61. The molecule has 5 atom stereocenters. The van der Waals surface area contributed by atoms with E-state index < -0.39 is 0 Å². The molecule has 3 aliphatic rings. The van der Waals surface area contributed by atoms with Crippen molar-refractivity contribution in [1.29, 1.82) is 0 Å². The van der Waals surface area contributed by atoms with Crippen molar-refractivity contribution in [3.8, 4) is 0 Å². The molecule has 0 spiro atoms. The Balaban J connectivity index is 1.94. The maximum Gasteiger partial charge on any atom is 0.302 e. The fourth-order valence-corrected chi connectivity index (χ4v) is 5.39. The molecule has 5 unspecified atom stereocenters. The monoisotopic (exact) mass is 262 g/mol. The maximum atomic E-state index is 11.4. The van der Waals surface area contributed by atoms with Gasteiger partial charge in [-0.25, -0.2) is 0 Å². The third-order valence-corrected chi connectivity index (χ3v) is 6.16. The van der Waals surface area contributed by atoms with Crippen LogP contribution in [-0.4, -0.2) is 12.1 Å². The summed E-state index contributed by atoms with van der Waals surface area (Å²) in [5.41, 5.74) is 2.23. The summed E-state index contributed by atoms with van der Waals surface area (Å²) in [5, 5.41) is 0. The first kappa shape index (κ1) is 13.2. The predicted molar refractivity (Wildman–Crippen MR) is 75.5 cm³/mol. The highest BCUT2D eigenvalue weighted by atomic mass is 16.5. The van der Waals surface area contributed by atoms with Gasteiger partial charge in [-0.2, -0.15) is 0 Å². The van der Waals surface area contributed by atoms with E-state index in [2.05, 4.69) is 33.8 Å². The van der Waals surface area contributed by atoms with Crippen LogP contribution < -0.4 is 0 Å². The average Bonchev–Trinajstić information content (AvgIpc) is 2.80. The number of hydrogen-bond donors (Lipinski definition) is 0. The fraction of sp³-hybridized carbons (Fsp3) is 0.824. The second kappa shape index (κ2) is 3.86. The van der Waals surface area contributed by atoms with Crippen LogP contribution in [0.1, 0.15) is 53.9 Å². The van der Waals surface area contributed by atoms with Crippen molar-refractivity contribution in [3.05, 3.63) is 11.6 Å². The maximum absolute atomic E-state index is 11.4. The Morgan fingerprint density at radius 1 is 1.32 bits per heavy atom. The standard InChI is InChI=1S/C17H26O2/c1-10-7-6-8-17(5)9-12(19-11(2)18)14-15(13(10)17)16(14,3)4/h7,12-15H,6,8-9H2,1-5H3. The second-order valence-corrected chi connectivity index (χ2v) is 7.84. The van der Waals surface area contributed by atoms with Crippen molar-refractivity contribution < 1.29 is 9.53 Å². The van der Waals surface area contributed by atoms with Crippen LogP contribution in [0.3, 0.4) is 0 Å². The Morgan fingerprint density at radius 3 is 2.63 bits per heavy atom. The van der Waals surface area contributed by atoms with Crippen LogP contribution in [0.5, 0.6) is 0 Å². The topological polar surface area (TPSA) is 26.3 Å². The lowest BCUT2D eigenvalue weighted by atomic mass is 9.59. The summed E-state index contributed by atoms with van der Waals surface area (Å²) in [6.45, 7) is 11.0. The van der Waals surface area contributed by atoms with Gasteiger partial charge in [0.15, 0.2) is 0 Å². The molecule has 0 aromatic heterocycles. The van der Waals surface area contributed by atoms with Gasteiger partial charge >= 0.3 is 5.97 Å². The molecule has 2 nitrogen and oxygen atoms in total. The van der Waals surface area contributed by atoms with Gasteiger partial charge in [0.1, 0.15) is 6.10 Å². The molecule has 2 heteroatoms. The summed E-state index contributed by atoms with van der Waals surface area (Å²) >= 11 is 0. The molecule has 19 heavy (non-hydrogen) atoms. The Hall–Kier alpha value is -0.790. The number of ether oxygens (including phenoxy) is 1. The molecule has 106 valence electrons. The van der Waals surface area contributed by atoms with E-state index in [4.69, 9.17) is 4.74 Å². The van der Waals surface area contributed by atoms with E-state index in [1.165, 1.54) is 12.8 Å². The summed E-state index contributed by atoms with van der Waals surface area (Å²) in [6.07, 6.45) is 6.05. The molecule has 0 radical (unpaired) electrons. The van der Waals surface area contributed by atoms with Crippen molar-refractivity contribution in [2.24, 2.45) is 28.6 Å². The summed E-state index contributed by atoms with van der Waals surface area (Å²) in [4.78, 5) is 11.4. The molecular weight excluding hydrogens is 236 g/mol. The molecule has 0 aromatic carbocycles. The van der Waals surface area contributed by atoms with E-state index in [1.54, 1.807) is 12.5 Å². The van der Waals surface area contributed by atoms with Gasteiger partial charge in [-0.1, -0.05) is 32.4 Å². The lowest BCUT2D eigenvalue weighted by Gasteiger charge is -2.47. The zero-order chi connectivity index (χ0) is 14.0. The van der Waals surface area contributed by atoms with Gasteiger partial charge in [0, 0.05) is 12.8 Å². The number of allylic oxidation sites excluding steroid dienone is 2. The first-order valence-electron chi connectivity index (χ1n) is 7.61. The lowest BCUT2D eigenvalue weighted by Crippen LogP contribution is -2.42. The van der Waals surface area contributed by atoms with Crippen molar-refractivity contribution in [3.63, 3.8) is 0 Å². The van der Waals surface area contributed by atoms with Crippen molar-refractivity contribution in [2.75, 3.05) is 0 Å². The molecule has 3 rings (SSSR count). The number of rotatable bonds is 1. The van der Waals surface area contributed by atoms with Gasteiger partial charge in [-0.15, -0.1) is 0 Å². The summed E-state index contributed by atoms with van der Waals surface area (Å²) in [5.74, 6) is 1.85. The van der Waals surface area contributed by atoms with E-state index in [0.29, 0.717) is 28.6 Å². The third kappa shape index (κ3) is 1.79. The quantitative estimate of drug-likeness (QED) is 0.528. The average molecular weight is 262 g/mol. The van der Waals surface area contributed by atoms with Crippen molar-refractivity contribution in [1.82, 2.24) is 0 Å². The van der Waals surface area contributed by atoms with E-state index in [1.807, 2.05) is 0 Å². The zero-order valence-corrected chi connectivity index (χ0v) is 12.8. The number of esters is 1. The number of fused-ring (bicyclic) bond motifs is 3. The highest BCUT2D eigenvalue weighted by Gasteiger charge is 2.71. The van der Waals surface area contributed by atoms with Gasteiger partial charge in [0.2, 0.25) is 0 Å². The van der Waals surface area contributed by atoms with Gasteiger partial charge in [-0.05, 0) is 48.9 Å². The minimum Gasteiger partial charge on any atom is -0.462 e. The van der Waals surface area contributed by atoms with Gasteiger partial charge in [-0.3, -0.25) is 4.79 Å². The second-order valence-electron chi connectivity index (χ2n) is 7.84. The SMILES string of the molecule is CC(=O)OC1CC2(C)CCC=C(C)C2C2C1C2(C)C. The molecule has 0 aromatic rings. The third-order valence-electron chi connectivity index (χ3n) is 6.16. The number of hydrogen-bond acceptors (Lipinski definition) is 2. The number of carbonyl (C=O) groups is 1. The van der Waals surface area contributed by atoms with E-state index in [0.717, 1.165) is 6.42 Å². The minimum atomic E-state index is -0.114. The van der Waals surface area contributed by atoms with Crippen LogP contribution in [-0.2, 0) is 9.53 Å². The smallest absolute Gasteiger partial charge is 0.302 e. The van der Waals surface area contributed by atoms with Gasteiger partial charge in [0.05, 0.1) is 0 Å². The lowest BCUT2D eigenvalue weighted by molar-refractivity contribution is -0.152. The molecule has 0 aliphatic heterocycles. The predicted octanol–water partition coefficient (Wildman–Crippen LogP) is 3.96. The fourth-order valence-electron chi connectivity index (χ4n) is 5.39. The molecule has 2 saturated carbocycles. The minimum absolute atomic E-state index is 0.114. The van der Waals surface area contributed by atoms with Crippen LogP contribution in [0.4, 0.5) is 0 Å². The Morgan fingerprint density at radius 2 is 2.00 bits per heavy atom. The van der Waals surface area contributed by atoms with Crippen LogP contribution in [0, 0.1) is 28.6 Å². The molecule has 0 bridgehead atoms. The Labute approximate surface area is 116 Å². The molecule has 0 heterocycles. The van der Waals surface area contributed by atoms with Crippen LogP contribution in [0.15, 0.2) is 11.6 Å². The summed E-state index contributed by atoms with van der Waals surface area (Å²) in [6, 6.07) is 0. The highest BCUT2D eigenvalue weighted by Crippen LogP contribution is 2.73. The normalized spacial score (nSPS) is 46.7. The van der Waals surface area contributed by atoms with Gasteiger partial charge < -0.3 is 4.74 Å². The number of carbonyl (C=O) groups excluding carboxylic acids is 1. The molecule has 2 fully saturated rings. The van der Waals surface area contributed by atoms with E-state index >= 15 is 0 Å². The molecular formula is C17H26O2. The summed E-state index contributed by atoms with van der Waals surface area (Å²) < 4.78 is 5.67. The largest absolute Gasteiger partial charge is 0.462 e. The van der Waals surface area contributed by atoms with Crippen LogP contribution >= 0.6 is 0 Å². The molecule has 0 N–H and O–H groups in total. The van der Waals surface area contributed by atoms with Crippen LogP contribution in [0.2, 0.25) is 0 Å². The molecule has 3 aliphatic carbocycles. The first-order chi connectivity index (χ1) is 8.77. The Kier molecular flexibility index (Phi) is 2.69. The van der Waals surface area contributed by atoms with E-state index in [-0.39, 0.29) is 12.1 Å². The zero-order valence-electron chi connectivity index (χ0n) is 12.8. The van der Waals surface area contributed by atoms with Gasteiger partial charge in [0.25, 0.3) is 0 Å². The Bertz CT molecular complexity index is 448. The molecule has 0 amide bonds. The van der Waals surface area contributed by atoms with E-state index in [9.17, 15) is 4.79 Å². The van der Waals surface area contributed by atoms with Crippen molar-refractivity contribution >= 4 is 5.97 Å². The highest BCUT2D eigenvalue weighted by molar-refractivity contribution is 5.66. The molecule has 0 saturated heterocycles.